The number of amides is 1. The summed E-state index contributed by atoms with van der Waals surface area (Å²) in [6.45, 7) is 1.55. The maximum Gasteiger partial charge on any atom is 0.290 e. The summed E-state index contributed by atoms with van der Waals surface area (Å²) in [6.07, 6.45) is 0.958. The summed E-state index contributed by atoms with van der Waals surface area (Å²) in [4.78, 5) is 27.0. The Kier molecular flexibility index (Phi) is 4.29. The van der Waals surface area contributed by atoms with Crippen molar-refractivity contribution in [3.63, 3.8) is 0 Å². The van der Waals surface area contributed by atoms with E-state index in [0.717, 1.165) is 17.7 Å². The summed E-state index contributed by atoms with van der Waals surface area (Å²) in [5, 5.41) is 13.3. The van der Waals surface area contributed by atoms with Crippen LogP contribution in [0.4, 0.5) is 11.5 Å². The van der Waals surface area contributed by atoms with Crippen molar-refractivity contribution >= 4 is 29.2 Å². The van der Waals surface area contributed by atoms with Gasteiger partial charge < -0.3 is 5.32 Å². The molecule has 0 bridgehead atoms. The van der Waals surface area contributed by atoms with Gasteiger partial charge in [-0.05, 0) is 36.3 Å². The molecule has 0 fully saturated rings. The summed E-state index contributed by atoms with van der Waals surface area (Å²) in [7, 11) is 0. The van der Waals surface area contributed by atoms with E-state index in [0.29, 0.717) is 5.82 Å². The molecule has 2 aromatic rings. The van der Waals surface area contributed by atoms with Gasteiger partial charge in [-0.2, -0.15) is 0 Å². The molecule has 0 saturated heterocycles. The van der Waals surface area contributed by atoms with Crippen molar-refractivity contribution in [2.24, 2.45) is 0 Å². The molecule has 1 N–H and O–H groups in total. The standard InChI is InChI=1S/C16H15N3O3S/c1-10-13(19(21)22)6-7-14(17-10)18-16(20)15-12-5-3-2-4-11(12)8-9-23-15/h2-7,15H,8-9H2,1H3,(H,17,18,20). The van der Waals surface area contributed by atoms with Gasteiger partial charge in [0.15, 0.2) is 0 Å². The Bertz CT molecular complexity index is 779. The van der Waals surface area contributed by atoms with Gasteiger partial charge in [0.25, 0.3) is 5.69 Å². The van der Waals surface area contributed by atoms with E-state index in [4.69, 9.17) is 0 Å². The third-order valence-corrected chi connectivity index (χ3v) is 4.98. The molecular weight excluding hydrogens is 314 g/mol. The molecule has 1 aromatic carbocycles. The number of nitro groups is 1. The van der Waals surface area contributed by atoms with E-state index in [2.05, 4.69) is 10.3 Å². The number of rotatable bonds is 3. The van der Waals surface area contributed by atoms with Crippen molar-refractivity contribution < 1.29 is 9.72 Å². The molecule has 0 aliphatic carbocycles. The number of benzene rings is 1. The molecular formula is C16H15N3O3S. The number of nitrogens with zero attached hydrogens (tertiary/aromatic N) is 2. The highest BCUT2D eigenvalue weighted by Crippen LogP contribution is 2.37. The predicted molar refractivity (Wildman–Crippen MR) is 89.6 cm³/mol. The first-order chi connectivity index (χ1) is 11.1. The van der Waals surface area contributed by atoms with Crippen LogP contribution in [0.2, 0.25) is 0 Å². The molecule has 0 radical (unpaired) electrons. The molecule has 1 aliphatic heterocycles. The van der Waals surface area contributed by atoms with E-state index in [1.807, 2.05) is 24.3 Å². The molecule has 1 aliphatic rings. The lowest BCUT2D eigenvalue weighted by Gasteiger charge is -2.24. The number of carbonyl (C=O) groups excluding carboxylic acids is 1. The highest BCUT2D eigenvalue weighted by atomic mass is 32.2. The normalized spacial score (nSPS) is 16.5. The van der Waals surface area contributed by atoms with Crippen LogP contribution in [0.25, 0.3) is 0 Å². The predicted octanol–water partition coefficient (Wildman–Crippen LogP) is 3.27. The minimum absolute atomic E-state index is 0.0552. The Morgan fingerprint density at radius 3 is 2.87 bits per heavy atom. The monoisotopic (exact) mass is 329 g/mol. The lowest BCUT2D eigenvalue weighted by atomic mass is 10.0. The van der Waals surface area contributed by atoms with E-state index >= 15 is 0 Å². The Balaban J connectivity index is 1.80. The van der Waals surface area contributed by atoms with E-state index in [9.17, 15) is 14.9 Å². The number of hydrogen-bond donors (Lipinski definition) is 1. The van der Waals surface area contributed by atoms with Gasteiger partial charge in [0.1, 0.15) is 16.8 Å². The fourth-order valence-electron chi connectivity index (χ4n) is 2.62. The lowest BCUT2D eigenvalue weighted by Crippen LogP contribution is -2.23. The maximum absolute atomic E-state index is 12.6. The summed E-state index contributed by atoms with van der Waals surface area (Å²) in [6, 6.07) is 10.7. The summed E-state index contributed by atoms with van der Waals surface area (Å²) < 4.78 is 0. The molecule has 23 heavy (non-hydrogen) atoms. The van der Waals surface area contributed by atoms with Gasteiger partial charge in [0, 0.05) is 6.07 Å². The van der Waals surface area contributed by atoms with E-state index in [1.165, 1.54) is 17.7 Å². The second-order valence-electron chi connectivity index (χ2n) is 5.25. The molecule has 1 unspecified atom stereocenters. The zero-order valence-corrected chi connectivity index (χ0v) is 13.3. The second kappa shape index (κ2) is 6.37. The van der Waals surface area contributed by atoms with Gasteiger partial charge in [-0.25, -0.2) is 4.98 Å². The molecule has 6 nitrogen and oxygen atoms in total. The number of nitrogens with one attached hydrogen (secondary N) is 1. The third-order valence-electron chi connectivity index (χ3n) is 3.74. The lowest BCUT2D eigenvalue weighted by molar-refractivity contribution is -0.385. The van der Waals surface area contributed by atoms with Crippen LogP contribution in [0.5, 0.6) is 0 Å². The zero-order valence-electron chi connectivity index (χ0n) is 12.5. The Morgan fingerprint density at radius 1 is 1.35 bits per heavy atom. The molecule has 2 heterocycles. The van der Waals surface area contributed by atoms with Crippen LogP contribution in [-0.2, 0) is 11.2 Å². The molecule has 7 heteroatoms. The Morgan fingerprint density at radius 2 is 2.13 bits per heavy atom. The van der Waals surface area contributed by atoms with Crippen molar-refractivity contribution in [3.8, 4) is 0 Å². The Hall–Kier alpha value is -2.41. The summed E-state index contributed by atoms with van der Waals surface area (Å²) in [5.41, 5.74) is 2.45. The van der Waals surface area contributed by atoms with Crippen LogP contribution in [0.3, 0.4) is 0 Å². The number of fused-ring (bicyclic) bond motifs is 1. The topological polar surface area (TPSA) is 85.1 Å². The fraction of sp³-hybridized carbons (Fsp3) is 0.250. The van der Waals surface area contributed by atoms with E-state index in [-0.39, 0.29) is 22.5 Å². The van der Waals surface area contributed by atoms with Crippen molar-refractivity contribution in [3.05, 3.63) is 63.3 Å². The van der Waals surface area contributed by atoms with Crippen LogP contribution in [-0.4, -0.2) is 21.6 Å². The first kappa shape index (κ1) is 15.5. The highest BCUT2D eigenvalue weighted by molar-refractivity contribution is 8.00. The van der Waals surface area contributed by atoms with Crippen molar-refractivity contribution in [1.29, 1.82) is 0 Å². The maximum atomic E-state index is 12.6. The van der Waals surface area contributed by atoms with Gasteiger partial charge >= 0.3 is 0 Å². The first-order valence-electron chi connectivity index (χ1n) is 7.18. The largest absolute Gasteiger partial charge is 0.309 e. The van der Waals surface area contributed by atoms with E-state index < -0.39 is 4.92 Å². The average Bonchev–Trinajstić information content (AvgIpc) is 2.54. The SMILES string of the molecule is Cc1nc(NC(=O)C2SCCc3ccccc32)ccc1[N+](=O)[O-]. The van der Waals surface area contributed by atoms with Gasteiger partial charge in [0.2, 0.25) is 5.91 Å². The van der Waals surface area contributed by atoms with Gasteiger partial charge in [-0.1, -0.05) is 24.3 Å². The molecule has 3 rings (SSSR count). The number of aryl methyl sites for hydroxylation is 2. The fourth-order valence-corrected chi connectivity index (χ4v) is 3.81. The molecule has 0 spiro atoms. The van der Waals surface area contributed by atoms with E-state index in [1.54, 1.807) is 18.7 Å². The number of anilines is 1. The number of carbonyl (C=O) groups is 1. The van der Waals surface area contributed by atoms with Gasteiger partial charge in [0.05, 0.1) is 4.92 Å². The molecule has 1 atom stereocenters. The van der Waals surface area contributed by atoms with Crippen LogP contribution in [0.15, 0.2) is 36.4 Å². The summed E-state index contributed by atoms with van der Waals surface area (Å²) in [5.74, 6) is 1.08. The van der Waals surface area contributed by atoms with Gasteiger partial charge in [-0.3, -0.25) is 14.9 Å². The minimum atomic E-state index is -0.485. The number of hydrogen-bond acceptors (Lipinski definition) is 5. The summed E-state index contributed by atoms with van der Waals surface area (Å²) >= 11 is 1.60. The second-order valence-corrected chi connectivity index (χ2v) is 6.46. The molecule has 1 aromatic heterocycles. The number of thioether (sulfide) groups is 1. The van der Waals surface area contributed by atoms with Crippen LogP contribution in [0, 0.1) is 17.0 Å². The number of aromatic nitrogens is 1. The number of pyridine rings is 1. The minimum Gasteiger partial charge on any atom is -0.309 e. The van der Waals surface area contributed by atoms with Crippen molar-refractivity contribution in [1.82, 2.24) is 4.98 Å². The van der Waals surface area contributed by atoms with Crippen LogP contribution in [0.1, 0.15) is 22.1 Å². The van der Waals surface area contributed by atoms with Crippen molar-refractivity contribution in [2.75, 3.05) is 11.1 Å². The van der Waals surface area contributed by atoms with Crippen molar-refractivity contribution in [2.45, 2.75) is 18.6 Å². The van der Waals surface area contributed by atoms with Crippen LogP contribution < -0.4 is 5.32 Å². The first-order valence-corrected chi connectivity index (χ1v) is 8.23. The smallest absolute Gasteiger partial charge is 0.290 e. The third kappa shape index (κ3) is 3.19. The van der Waals surface area contributed by atoms with Gasteiger partial charge in [-0.15, -0.1) is 11.8 Å². The molecule has 1 amide bonds. The average molecular weight is 329 g/mol. The highest BCUT2D eigenvalue weighted by Gasteiger charge is 2.27. The zero-order chi connectivity index (χ0) is 16.4. The quantitative estimate of drug-likeness (QED) is 0.690. The molecule has 118 valence electrons. The van der Waals surface area contributed by atoms with Crippen LogP contribution >= 0.6 is 11.8 Å². The Labute approximate surface area is 137 Å². The molecule has 0 saturated carbocycles.